The van der Waals surface area contributed by atoms with Gasteiger partial charge in [-0.2, -0.15) is 5.10 Å². The number of amides is 2. The first-order chi connectivity index (χ1) is 12.5. The maximum absolute atomic E-state index is 11.8. The first-order valence-electron chi connectivity index (χ1n) is 7.30. The van der Waals surface area contributed by atoms with Crippen molar-refractivity contribution >= 4 is 40.4 Å². The molecule has 0 fully saturated rings. The third kappa shape index (κ3) is 5.90. The Bertz CT molecular complexity index is 819. The largest absolute Gasteiger partial charge is 0.450 e. The van der Waals surface area contributed by atoms with E-state index in [4.69, 9.17) is 4.74 Å². The third-order valence-corrected chi connectivity index (χ3v) is 3.61. The summed E-state index contributed by atoms with van der Waals surface area (Å²) >= 11 is 1.04. The van der Waals surface area contributed by atoms with Gasteiger partial charge >= 0.3 is 6.09 Å². The van der Waals surface area contributed by atoms with Crippen LogP contribution in [0.5, 0.6) is 0 Å². The molecule has 0 spiro atoms. The summed E-state index contributed by atoms with van der Waals surface area (Å²) in [5, 5.41) is 24.8. The molecule has 0 radical (unpaired) electrons. The molecule has 0 aliphatic rings. The normalized spacial score (nSPS) is 10.5. The van der Waals surface area contributed by atoms with Gasteiger partial charge in [0.05, 0.1) is 24.2 Å². The summed E-state index contributed by atoms with van der Waals surface area (Å²) in [4.78, 5) is 33.1. The number of hydrazone groups is 1. The van der Waals surface area contributed by atoms with Gasteiger partial charge in [-0.25, -0.2) is 10.2 Å². The zero-order valence-corrected chi connectivity index (χ0v) is 14.4. The van der Waals surface area contributed by atoms with Gasteiger partial charge in [-0.15, -0.1) is 10.2 Å². The fourth-order valence-electron chi connectivity index (χ4n) is 1.67. The second kappa shape index (κ2) is 9.17. The van der Waals surface area contributed by atoms with Gasteiger partial charge in [-0.1, -0.05) is 11.3 Å². The number of anilines is 1. The molecule has 0 atom stereocenters. The molecule has 12 heteroatoms. The number of rotatable bonds is 7. The van der Waals surface area contributed by atoms with Crippen LogP contribution in [0.1, 0.15) is 17.5 Å². The minimum absolute atomic E-state index is 0.0327. The Kier molecular flexibility index (Phi) is 6.68. The van der Waals surface area contributed by atoms with Gasteiger partial charge < -0.3 is 4.74 Å². The van der Waals surface area contributed by atoms with Crippen molar-refractivity contribution in [1.82, 2.24) is 15.6 Å². The highest BCUT2D eigenvalue weighted by molar-refractivity contribution is 7.15. The topological polar surface area (TPSA) is 149 Å². The lowest BCUT2D eigenvalue weighted by molar-refractivity contribution is -0.384. The van der Waals surface area contributed by atoms with Crippen LogP contribution >= 0.6 is 11.3 Å². The maximum Gasteiger partial charge on any atom is 0.413 e. The van der Waals surface area contributed by atoms with E-state index in [-0.39, 0.29) is 23.8 Å². The monoisotopic (exact) mass is 378 g/mol. The SMILES string of the molecule is CCOC(=O)Nc1nnc(CC(=O)NN=Cc2ccc([N+](=O)[O-])cc2)s1. The summed E-state index contributed by atoms with van der Waals surface area (Å²) in [7, 11) is 0. The van der Waals surface area contributed by atoms with Gasteiger partial charge in [0.15, 0.2) is 0 Å². The zero-order chi connectivity index (χ0) is 18.9. The highest BCUT2D eigenvalue weighted by Crippen LogP contribution is 2.15. The van der Waals surface area contributed by atoms with Crippen molar-refractivity contribution in [2.24, 2.45) is 5.10 Å². The number of ether oxygens (including phenoxy) is 1. The smallest absolute Gasteiger partial charge is 0.413 e. The molecule has 0 saturated heterocycles. The van der Waals surface area contributed by atoms with E-state index in [1.807, 2.05) is 0 Å². The molecular formula is C14H14N6O5S. The van der Waals surface area contributed by atoms with Crippen molar-refractivity contribution in [2.45, 2.75) is 13.3 Å². The zero-order valence-electron chi connectivity index (χ0n) is 13.5. The molecule has 1 heterocycles. The highest BCUT2D eigenvalue weighted by atomic mass is 32.1. The predicted molar refractivity (Wildman–Crippen MR) is 93.1 cm³/mol. The second-order valence-electron chi connectivity index (χ2n) is 4.67. The number of benzene rings is 1. The summed E-state index contributed by atoms with van der Waals surface area (Å²) in [6.45, 7) is 1.90. The van der Waals surface area contributed by atoms with E-state index >= 15 is 0 Å². The number of hydrogen-bond acceptors (Lipinski definition) is 9. The van der Waals surface area contributed by atoms with E-state index in [0.29, 0.717) is 10.6 Å². The molecular weight excluding hydrogens is 364 g/mol. The Balaban J connectivity index is 1.82. The van der Waals surface area contributed by atoms with Crippen LogP contribution in [0.2, 0.25) is 0 Å². The van der Waals surface area contributed by atoms with Crippen molar-refractivity contribution in [1.29, 1.82) is 0 Å². The summed E-state index contributed by atoms with van der Waals surface area (Å²) in [6, 6.07) is 5.68. The molecule has 1 aromatic heterocycles. The fourth-order valence-corrected chi connectivity index (χ4v) is 2.39. The molecule has 0 bridgehead atoms. The van der Waals surface area contributed by atoms with Crippen LogP contribution in [0.3, 0.4) is 0 Å². The van der Waals surface area contributed by atoms with E-state index in [0.717, 1.165) is 11.3 Å². The molecule has 11 nitrogen and oxygen atoms in total. The van der Waals surface area contributed by atoms with Crippen molar-refractivity contribution in [3.05, 3.63) is 45.0 Å². The Morgan fingerprint density at radius 3 is 2.73 bits per heavy atom. The van der Waals surface area contributed by atoms with Crippen LogP contribution in [-0.2, 0) is 16.0 Å². The van der Waals surface area contributed by atoms with Crippen molar-refractivity contribution < 1.29 is 19.2 Å². The van der Waals surface area contributed by atoms with Gasteiger partial charge in [0, 0.05) is 12.1 Å². The molecule has 0 aliphatic heterocycles. The van der Waals surface area contributed by atoms with Gasteiger partial charge in [0.1, 0.15) is 5.01 Å². The van der Waals surface area contributed by atoms with Crippen LogP contribution in [0.25, 0.3) is 0 Å². The van der Waals surface area contributed by atoms with Gasteiger partial charge in [0.25, 0.3) is 5.69 Å². The minimum atomic E-state index is -0.646. The third-order valence-electron chi connectivity index (χ3n) is 2.77. The number of carbonyl (C=O) groups is 2. The molecule has 0 aliphatic carbocycles. The average Bonchev–Trinajstić information content (AvgIpc) is 3.02. The number of aromatic nitrogens is 2. The van der Waals surface area contributed by atoms with Crippen LogP contribution in [0.4, 0.5) is 15.6 Å². The van der Waals surface area contributed by atoms with E-state index in [9.17, 15) is 19.7 Å². The van der Waals surface area contributed by atoms with Crippen molar-refractivity contribution in [3.63, 3.8) is 0 Å². The molecule has 1 aromatic carbocycles. The predicted octanol–water partition coefficient (Wildman–Crippen LogP) is 1.71. The molecule has 136 valence electrons. The number of nitrogens with zero attached hydrogens (tertiary/aromatic N) is 4. The fraction of sp³-hybridized carbons (Fsp3) is 0.214. The number of hydrogen-bond donors (Lipinski definition) is 2. The lowest BCUT2D eigenvalue weighted by Gasteiger charge is -1.99. The Morgan fingerprint density at radius 2 is 2.08 bits per heavy atom. The summed E-state index contributed by atoms with van der Waals surface area (Å²) < 4.78 is 4.70. The number of non-ortho nitro benzene ring substituents is 1. The standard InChI is InChI=1S/C14H14N6O5S/c1-2-25-14(22)16-13-19-18-12(26-13)7-11(21)17-15-8-9-3-5-10(6-4-9)20(23)24/h3-6,8H,2,7H2,1H3,(H,17,21)(H,16,19,22). The van der Waals surface area contributed by atoms with E-state index in [2.05, 4.69) is 26.0 Å². The summed E-state index contributed by atoms with van der Waals surface area (Å²) in [5.74, 6) is -0.429. The Hall–Kier alpha value is -3.41. The molecule has 2 amide bonds. The van der Waals surface area contributed by atoms with Crippen molar-refractivity contribution in [3.8, 4) is 0 Å². The Labute approximate surface area is 151 Å². The molecule has 2 rings (SSSR count). The van der Waals surface area contributed by atoms with E-state index in [1.165, 1.54) is 30.5 Å². The highest BCUT2D eigenvalue weighted by Gasteiger charge is 2.11. The molecule has 26 heavy (non-hydrogen) atoms. The molecule has 2 aromatic rings. The Morgan fingerprint density at radius 1 is 1.35 bits per heavy atom. The second-order valence-corrected chi connectivity index (χ2v) is 5.73. The summed E-state index contributed by atoms with van der Waals surface area (Å²) in [6.07, 6.45) is 0.641. The van der Waals surface area contributed by atoms with Crippen LogP contribution in [-0.4, -0.2) is 39.9 Å². The van der Waals surface area contributed by atoms with Crippen molar-refractivity contribution in [2.75, 3.05) is 11.9 Å². The van der Waals surface area contributed by atoms with Gasteiger partial charge in [-0.05, 0) is 24.6 Å². The van der Waals surface area contributed by atoms with Gasteiger partial charge in [-0.3, -0.25) is 20.2 Å². The van der Waals surface area contributed by atoms with Crippen LogP contribution in [0.15, 0.2) is 29.4 Å². The lowest BCUT2D eigenvalue weighted by atomic mass is 10.2. The molecule has 2 N–H and O–H groups in total. The average molecular weight is 378 g/mol. The minimum Gasteiger partial charge on any atom is -0.450 e. The van der Waals surface area contributed by atoms with E-state index in [1.54, 1.807) is 6.92 Å². The van der Waals surface area contributed by atoms with Crippen LogP contribution in [0, 0.1) is 10.1 Å². The quantitative estimate of drug-likeness (QED) is 0.423. The first kappa shape index (κ1) is 18.9. The first-order valence-corrected chi connectivity index (χ1v) is 8.12. The molecule has 0 saturated carbocycles. The number of nitrogens with one attached hydrogen (secondary N) is 2. The number of nitro groups is 1. The summed E-state index contributed by atoms with van der Waals surface area (Å²) in [5.41, 5.74) is 2.87. The molecule has 0 unspecified atom stereocenters. The lowest BCUT2D eigenvalue weighted by Crippen LogP contribution is -2.19. The van der Waals surface area contributed by atoms with E-state index < -0.39 is 16.9 Å². The van der Waals surface area contributed by atoms with Crippen LogP contribution < -0.4 is 10.7 Å². The maximum atomic E-state index is 11.8. The number of carbonyl (C=O) groups excluding carboxylic acids is 2. The number of nitro benzene ring substituents is 1. The van der Waals surface area contributed by atoms with Gasteiger partial charge in [0.2, 0.25) is 11.0 Å².